The predicted molar refractivity (Wildman–Crippen MR) is 110 cm³/mol. The molecule has 1 unspecified atom stereocenters. The molecule has 1 atom stereocenters. The van der Waals surface area contributed by atoms with Gasteiger partial charge in [0.15, 0.2) is 9.84 Å². The Labute approximate surface area is 170 Å². The number of hydrogen-bond acceptors (Lipinski definition) is 6. The third-order valence-corrected chi connectivity index (χ3v) is 7.43. The van der Waals surface area contributed by atoms with E-state index < -0.39 is 9.84 Å². The molecular weight excluding hydrogens is 396 g/mol. The number of sulfone groups is 1. The van der Waals surface area contributed by atoms with E-state index in [1.54, 1.807) is 36.2 Å². The van der Waals surface area contributed by atoms with Crippen LogP contribution >= 0.6 is 11.3 Å². The number of aromatic nitrogens is 2. The van der Waals surface area contributed by atoms with Crippen LogP contribution in [0.15, 0.2) is 29.2 Å². The van der Waals surface area contributed by atoms with E-state index in [9.17, 15) is 13.2 Å². The maximum Gasteiger partial charge on any atom is 0.323 e. The van der Waals surface area contributed by atoms with Gasteiger partial charge in [0.1, 0.15) is 5.01 Å². The second kappa shape index (κ2) is 8.57. The molecule has 7 nitrogen and oxygen atoms in total. The van der Waals surface area contributed by atoms with Gasteiger partial charge >= 0.3 is 6.03 Å². The molecular formula is C19H26N4O3S2. The van der Waals surface area contributed by atoms with Crippen LogP contribution in [0, 0.1) is 0 Å². The van der Waals surface area contributed by atoms with Crippen LogP contribution in [0.4, 0.5) is 9.93 Å². The molecule has 0 aliphatic heterocycles. The van der Waals surface area contributed by atoms with Crippen molar-refractivity contribution in [3.63, 3.8) is 0 Å². The van der Waals surface area contributed by atoms with Crippen LogP contribution in [0.5, 0.6) is 0 Å². The van der Waals surface area contributed by atoms with Crippen LogP contribution in [0.3, 0.4) is 0 Å². The van der Waals surface area contributed by atoms with Crippen LogP contribution < -0.4 is 5.32 Å². The highest BCUT2D eigenvalue weighted by molar-refractivity contribution is 7.90. The van der Waals surface area contributed by atoms with E-state index in [0.29, 0.717) is 11.0 Å². The summed E-state index contributed by atoms with van der Waals surface area (Å²) >= 11 is 1.45. The first kappa shape index (κ1) is 20.7. The average molecular weight is 423 g/mol. The first-order chi connectivity index (χ1) is 13.3. The minimum atomic E-state index is -3.24. The monoisotopic (exact) mass is 422 g/mol. The second-order valence-electron chi connectivity index (χ2n) is 7.34. The minimum Gasteiger partial charge on any atom is -0.321 e. The smallest absolute Gasteiger partial charge is 0.321 e. The molecule has 1 aromatic carbocycles. The van der Waals surface area contributed by atoms with Crippen molar-refractivity contribution in [2.75, 3.05) is 18.6 Å². The standard InChI is InChI=1S/C19H26N4O3S2/c1-13(14-9-11-16(12-10-14)28(3,25)26)23(2)19(24)20-18-22-21-17(27-18)15-7-5-4-6-8-15/h9-13,15H,4-8H2,1-3H3,(H,20,22,24). The van der Waals surface area contributed by atoms with Crippen molar-refractivity contribution in [1.82, 2.24) is 15.1 Å². The lowest BCUT2D eigenvalue weighted by atomic mass is 9.90. The van der Waals surface area contributed by atoms with Crippen molar-refractivity contribution in [3.8, 4) is 0 Å². The zero-order valence-corrected chi connectivity index (χ0v) is 18.0. The Morgan fingerprint density at radius 2 is 1.82 bits per heavy atom. The number of nitrogens with one attached hydrogen (secondary N) is 1. The van der Waals surface area contributed by atoms with Crippen LogP contribution in [-0.2, 0) is 9.84 Å². The van der Waals surface area contributed by atoms with Gasteiger partial charge < -0.3 is 4.90 Å². The number of nitrogens with zero attached hydrogens (tertiary/aromatic N) is 3. The van der Waals surface area contributed by atoms with Gasteiger partial charge in [-0.15, -0.1) is 10.2 Å². The van der Waals surface area contributed by atoms with E-state index in [1.807, 2.05) is 6.92 Å². The Balaban J connectivity index is 1.63. The Morgan fingerprint density at radius 3 is 2.43 bits per heavy atom. The quantitative estimate of drug-likeness (QED) is 0.779. The molecule has 0 saturated heterocycles. The molecule has 1 aliphatic rings. The zero-order valence-electron chi connectivity index (χ0n) is 16.4. The maximum absolute atomic E-state index is 12.6. The lowest BCUT2D eigenvalue weighted by Crippen LogP contribution is -2.33. The Kier molecular flexibility index (Phi) is 6.34. The van der Waals surface area contributed by atoms with E-state index in [1.165, 1.54) is 36.9 Å². The van der Waals surface area contributed by atoms with Crippen molar-refractivity contribution in [1.29, 1.82) is 0 Å². The van der Waals surface area contributed by atoms with Gasteiger partial charge in [-0.2, -0.15) is 0 Å². The first-order valence-corrected chi connectivity index (χ1v) is 12.1. The molecule has 0 radical (unpaired) electrons. The zero-order chi connectivity index (χ0) is 20.3. The highest BCUT2D eigenvalue weighted by Crippen LogP contribution is 2.35. The first-order valence-electron chi connectivity index (χ1n) is 9.43. The predicted octanol–water partition coefficient (Wildman–Crippen LogP) is 4.21. The normalized spacial score (nSPS) is 16.5. The molecule has 28 heavy (non-hydrogen) atoms. The van der Waals surface area contributed by atoms with Gasteiger partial charge in [-0.3, -0.25) is 5.32 Å². The highest BCUT2D eigenvalue weighted by Gasteiger charge is 2.22. The van der Waals surface area contributed by atoms with E-state index in [4.69, 9.17) is 0 Å². The van der Waals surface area contributed by atoms with Gasteiger partial charge in [0, 0.05) is 19.2 Å². The lowest BCUT2D eigenvalue weighted by Gasteiger charge is -2.25. The third kappa shape index (κ3) is 4.88. The summed E-state index contributed by atoms with van der Waals surface area (Å²) in [6.07, 6.45) is 7.20. The van der Waals surface area contributed by atoms with Gasteiger partial charge in [0.05, 0.1) is 10.9 Å². The van der Waals surface area contributed by atoms with Crippen molar-refractivity contribution in [2.24, 2.45) is 0 Å². The number of urea groups is 1. The molecule has 0 bridgehead atoms. The Bertz CT molecular complexity index is 919. The fraction of sp³-hybridized carbons (Fsp3) is 0.526. The summed E-state index contributed by atoms with van der Waals surface area (Å²) in [6, 6.07) is 6.10. The number of rotatable bonds is 5. The molecule has 9 heteroatoms. The summed E-state index contributed by atoms with van der Waals surface area (Å²) < 4.78 is 23.2. The number of hydrogen-bond donors (Lipinski definition) is 1. The van der Waals surface area contributed by atoms with Crippen molar-refractivity contribution >= 4 is 32.3 Å². The van der Waals surface area contributed by atoms with Crippen molar-refractivity contribution in [3.05, 3.63) is 34.8 Å². The Hall–Kier alpha value is -2.00. The van der Waals surface area contributed by atoms with Crippen LogP contribution in [0.1, 0.15) is 61.6 Å². The van der Waals surface area contributed by atoms with E-state index in [0.717, 1.165) is 23.4 Å². The fourth-order valence-electron chi connectivity index (χ4n) is 3.37. The van der Waals surface area contributed by atoms with Crippen LogP contribution in [-0.4, -0.2) is 42.8 Å². The molecule has 3 rings (SSSR count). The van der Waals surface area contributed by atoms with Crippen molar-refractivity contribution in [2.45, 2.75) is 55.9 Å². The summed E-state index contributed by atoms with van der Waals surface area (Å²) in [7, 11) is -1.53. The molecule has 2 aromatic rings. The van der Waals surface area contributed by atoms with Gasteiger partial charge in [-0.05, 0) is 37.5 Å². The molecule has 1 aliphatic carbocycles. The fourth-order valence-corrected chi connectivity index (χ4v) is 4.90. The minimum absolute atomic E-state index is 0.223. The van der Waals surface area contributed by atoms with Gasteiger partial charge in [-0.1, -0.05) is 42.7 Å². The summed E-state index contributed by atoms with van der Waals surface area (Å²) in [5.74, 6) is 0.460. The topological polar surface area (TPSA) is 92.3 Å². The number of carbonyl (C=O) groups excluding carboxylic acids is 1. The molecule has 2 amide bonds. The number of amides is 2. The van der Waals surface area contributed by atoms with Gasteiger partial charge in [0.25, 0.3) is 0 Å². The van der Waals surface area contributed by atoms with Crippen molar-refractivity contribution < 1.29 is 13.2 Å². The molecule has 1 saturated carbocycles. The second-order valence-corrected chi connectivity index (χ2v) is 10.4. The van der Waals surface area contributed by atoms with Crippen LogP contribution in [0.25, 0.3) is 0 Å². The number of anilines is 1. The molecule has 1 aromatic heterocycles. The largest absolute Gasteiger partial charge is 0.323 e. The summed E-state index contributed by atoms with van der Waals surface area (Å²) in [5.41, 5.74) is 0.852. The summed E-state index contributed by atoms with van der Waals surface area (Å²) in [6.45, 7) is 1.89. The lowest BCUT2D eigenvalue weighted by molar-refractivity contribution is 0.208. The van der Waals surface area contributed by atoms with E-state index in [-0.39, 0.29) is 17.0 Å². The SMILES string of the molecule is CC(c1ccc(S(C)(=O)=O)cc1)N(C)C(=O)Nc1nnc(C2CCCCC2)s1. The van der Waals surface area contributed by atoms with E-state index >= 15 is 0 Å². The van der Waals surface area contributed by atoms with E-state index in [2.05, 4.69) is 15.5 Å². The molecule has 0 spiro atoms. The third-order valence-electron chi connectivity index (χ3n) is 5.30. The van der Waals surface area contributed by atoms with Crippen LogP contribution in [0.2, 0.25) is 0 Å². The van der Waals surface area contributed by atoms with Gasteiger partial charge in [-0.25, -0.2) is 13.2 Å². The molecule has 1 heterocycles. The molecule has 1 fully saturated rings. The summed E-state index contributed by atoms with van der Waals surface area (Å²) in [5, 5.41) is 12.7. The average Bonchev–Trinajstić information content (AvgIpc) is 3.15. The Morgan fingerprint density at radius 1 is 1.18 bits per heavy atom. The maximum atomic E-state index is 12.6. The highest BCUT2D eigenvalue weighted by atomic mass is 32.2. The van der Waals surface area contributed by atoms with Gasteiger partial charge in [0.2, 0.25) is 5.13 Å². The molecule has 1 N–H and O–H groups in total. The number of benzene rings is 1. The summed E-state index contributed by atoms with van der Waals surface area (Å²) in [4.78, 5) is 14.4. The number of carbonyl (C=O) groups is 1. The molecule has 152 valence electrons.